The van der Waals surface area contributed by atoms with Gasteiger partial charge in [-0.15, -0.1) is 0 Å². The Morgan fingerprint density at radius 2 is 2.05 bits per heavy atom. The Bertz CT molecular complexity index is 729. The maximum absolute atomic E-state index is 12.5. The van der Waals surface area contributed by atoms with Crippen LogP contribution in [0.1, 0.15) is 16.9 Å². The third kappa shape index (κ3) is 2.40. The van der Waals surface area contributed by atoms with E-state index >= 15 is 0 Å². The van der Waals surface area contributed by atoms with Crippen molar-refractivity contribution in [1.29, 1.82) is 0 Å². The van der Waals surface area contributed by atoms with Crippen LogP contribution in [0.5, 0.6) is 0 Å². The zero-order valence-electron chi connectivity index (χ0n) is 11.5. The Labute approximate surface area is 121 Å². The standard InChI is InChI=1S/C15H16N4O2/c16-11-7-13(18-12-4-2-1-3-10(11)12)15(21)19-6-5-9(8-19)14(17)20/h1-4,7,9H,5-6,8H2,(H2,16,18)(H2,17,20). The molecule has 1 aromatic heterocycles. The number of carbonyl (C=O) groups is 2. The highest BCUT2D eigenvalue weighted by molar-refractivity contribution is 5.99. The van der Waals surface area contributed by atoms with E-state index in [-0.39, 0.29) is 17.7 Å². The lowest BCUT2D eigenvalue weighted by Gasteiger charge is -2.16. The normalized spacial score (nSPS) is 18.1. The van der Waals surface area contributed by atoms with Crippen LogP contribution in [0, 0.1) is 5.92 Å². The zero-order chi connectivity index (χ0) is 15.0. The number of hydrogen-bond donors (Lipinski definition) is 2. The topological polar surface area (TPSA) is 102 Å². The Morgan fingerprint density at radius 3 is 2.76 bits per heavy atom. The summed E-state index contributed by atoms with van der Waals surface area (Å²) in [5, 5.41) is 0.825. The van der Waals surface area contributed by atoms with E-state index < -0.39 is 0 Å². The van der Waals surface area contributed by atoms with Crippen molar-refractivity contribution < 1.29 is 9.59 Å². The van der Waals surface area contributed by atoms with Crippen molar-refractivity contribution in [3.05, 3.63) is 36.0 Å². The first-order valence-electron chi connectivity index (χ1n) is 6.80. The second-order valence-corrected chi connectivity index (χ2v) is 5.25. The van der Waals surface area contributed by atoms with Gasteiger partial charge in [0.1, 0.15) is 5.69 Å². The number of para-hydroxylation sites is 1. The average Bonchev–Trinajstić information content (AvgIpc) is 2.96. The van der Waals surface area contributed by atoms with E-state index in [1.165, 1.54) is 0 Å². The van der Waals surface area contributed by atoms with Crippen LogP contribution in [0.15, 0.2) is 30.3 Å². The molecule has 1 atom stereocenters. The molecule has 0 aliphatic carbocycles. The first kappa shape index (κ1) is 13.4. The summed E-state index contributed by atoms with van der Waals surface area (Å²) in [6, 6.07) is 8.99. The molecule has 6 heteroatoms. The molecule has 0 radical (unpaired) electrons. The lowest BCUT2D eigenvalue weighted by molar-refractivity contribution is -0.121. The monoisotopic (exact) mass is 284 g/mol. The lowest BCUT2D eigenvalue weighted by atomic mass is 10.1. The van der Waals surface area contributed by atoms with E-state index in [9.17, 15) is 9.59 Å². The van der Waals surface area contributed by atoms with E-state index in [4.69, 9.17) is 11.5 Å². The van der Waals surface area contributed by atoms with Gasteiger partial charge < -0.3 is 16.4 Å². The van der Waals surface area contributed by atoms with Crippen LogP contribution in [0.25, 0.3) is 10.9 Å². The summed E-state index contributed by atoms with van der Waals surface area (Å²) in [4.78, 5) is 29.6. The number of aromatic nitrogens is 1. The van der Waals surface area contributed by atoms with Gasteiger partial charge in [0.2, 0.25) is 5.91 Å². The van der Waals surface area contributed by atoms with Crippen molar-refractivity contribution in [2.24, 2.45) is 11.7 Å². The van der Waals surface area contributed by atoms with E-state index in [1.807, 2.05) is 24.3 Å². The molecule has 1 aliphatic heterocycles. The molecule has 1 fully saturated rings. The number of anilines is 1. The number of nitrogens with zero attached hydrogens (tertiary/aromatic N) is 2. The van der Waals surface area contributed by atoms with Crippen LogP contribution >= 0.6 is 0 Å². The van der Waals surface area contributed by atoms with Crippen molar-refractivity contribution in [3.8, 4) is 0 Å². The third-order valence-corrected chi connectivity index (χ3v) is 3.85. The summed E-state index contributed by atoms with van der Waals surface area (Å²) in [6.07, 6.45) is 0.601. The second-order valence-electron chi connectivity index (χ2n) is 5.25. The van der Waals surface area contributed by atoms with Crippen LogP contribution < -0.4 is 11.5 Å². The minimum Gasteiger partial charge on any atom is -0.398 e. The Balaban J connectivity index is 1.90. The quantitative estimate of drug-likeness (QED) is 0.850. The number of rotatable bonds is 2. The average molecular weight is 284 g/mol. The minimum atomic E-state index is -0.365. The van der Waals surface area contributed by atoms with E-state index in [2.05, 4.69) is 4.98 Å². The van der Waals surface area contributed by atoms with Crippen molar-refractivity contribution >= 4 is 28.4 Å². The number of carbonyl (C=O) groups excluding carboxylic acids is 2. The molecule has 3 rings (SSSR count). The maximum atomic E-state index is 12.5. The van der Waals surface area contributed by atoms with Gasteiger partial charge in [0, 0.05) is 24.2 Å². The molecule has 4 N–H and O–H groups in total. The molecule has 108 valence electrons. The molecule has 2 aromatic rings. The highest BCUT2D eigenvalue weighted by Crippen LogP contribution is 2.23. The number of fused-ring (bicyclic) bond motifs is 1. The van der Waals surface area contributed by atoms with Gasteiger partial charge >= 0.3 is 0 Å². The smallest absolute Gasteiger partial charge is 0.272 e. The molecule has 6 nitrogen and oxygen atoms in total. The van der Waals surface area contributed by atoms with Gasteiger partial charge in [-0.05, 0) is 18.6 Å². The summed E-state index contributed by atoms with van der Waals surface area (Å²) in [7, 11) is 0. The van der Waals surface area contributed by atoms with Gasteiger partial charge in [-0.1, -0.05) is 18.2 Å². The van der Waals surface area contributed by atoms with Gasteiger partial charge in [0.05, 0.1) is 11.4 Å². The van der Waals surface area contributed by atoms with Crippen LogP contribution in [-0.2, 0) is 4.79 Å². The zero-order valence-corrected chi connectivity index (χ0v) is 11.5. The van der Waals surface area contributed by atoms with Crippen LogP contribution in [0.2, 0.25) is 0 Å². The molecule has 0 saturated carbocycles. The fourth-order valence-electron chi connectivity index (χ4n) is 2.65. The Kier molecular flexibility index (Phi) is 3.21. The third-order valence-electron chi connectivity index (χ3n) is 3.85. The molecule has 1 aromatic carbocycles. The van der Waals surface area contributed by atoms with Crippen LogP contribution in [0.4, 0.5) is 5.69 Å². The van der Waals surface area contributed by atoms with Crippen molar-refractivity contribution in [2.45, 2.75) is 6.42 Å². The van der Waals surface area contributed by atoms with E-state index in [1.54, 1.807) is 11.0 Å². The largest absolute Gasteiger partial charge is 0.398 e. The molecule has 1 aliphatic rings. The number of nitrogens with two attached hydrogens (primary N) is 2. The van der Waals surface area contributed by atoms with E-state index in [0.717, 1.165) is 5.39 Å². The number of hydrogen-bond acceptors (Lipinski definition) is 4. The molecule has 2 heterocycles. The van der Waals surface area contributed by atoms with Gasteiger partial charge in [0.15, 0.2) is 0 Å². The number of amides is 2. The van der Waals surface area contributed by atoms with Crippen molar-refractivity contribution in [3.63, 3.8) is 0 Å². The molecule has 2 amide bonds. The van der Waals surface area contributed by atoms with Crippen molar-refractivity contribution in [2.75, 3.05) is 18.8 Å². The predicted octanol–water partition coefficient (Wildman–Crippen LogP) is 0.764. The van der Waals surface area contributed by atoms with E-state index in [0.29, 0.717) is 36.4 Å². The molecule has 1 unspecified atom stereocenters. The summed E-state index contributed by atoms with van der Waals surface area (Å²) in [6.45, 7) is 0.865. The number of pyridine rings is 1. The lowest BCUT2D eigenvalue weighted by Crippen LogP contribution is -2.32. The minimum absolute atomic E-state index is 0.212. The fraction of sp³-hybridized carbons (Fsp3) is 0.267. The molecule has 0 spiro atoms. The number of benzene rings is 1. The van der Waals surface area contributed by atoms with Crippen LogP contribution in [-0.4, -0.2) is 34.8 Å². The highest BCUT2D eigenvalue weighted by Gasteiger charge is 2.30. The fourth-order valence-corrected chi connectivity index (χ4v) is 2.65. The highest BCUT2D eigenvalue weighted by atomic mass is 16.2. The number of nitrogen functional groups attached to an aromatic ring is 1. The molecule has 21 heavy (non-hydrogen) atoms. The van der Waals surface area contributed by atoms with Gasteiger partial charge in [-0.25, -0.2) is 4.98 Å². The molecule has 0 bridgehead atoms. The van der Waals surface area contributed by atoms with Gasteiger partial charge in [0.25, 0.3) is 5.91 Å². The van der Waals surface area contributed by atoms with Gasteiger partial charge in [-0.2, -0.15) is 0 Å². The van der Waals surface area contributed by atoms with Crippen LogP contribution in [0.3, 0.4) is 0 Å². The predicted molar refractivity (Wildman–Crippen MR) is 79.4 cm³/mol. The second kappa shape index (κ2) is 5.05. The summed E-state index contributed by atoms with van der Waals surface area (Å²) >= 11 is 0. The Morgan fingerprint density at radius 1 is 1.29 bits per heavy atom. The summed E-state index contributed by atoms with van der Waals surface area (Å²) in [5.74, 6) is -0.848. The van der Waals surface area contributed by atoms with Gasteiger partial charge in [-0.3, -0.25) is 9.59 Å². The van der Waals surface area contributed by atoms with Crippen molar-refractivity contribution in [1.82, 2.24) is 9.88 Å². The molecule has 1 saturated heterocycles. The summed E-state index contributed by atoms with van der Waals surface area (Å²) in [5.41, 5.74) is 12.8. The molecular weight excluding hydrogens is 268 g/mol. The first-order chi connectivity index (χ1) is 10.1. The number of primary amides is 1. The first-order valence-corrected chi connectivity index (χ1v) is 6.80. The summed E-state index contributed by atoms with van der Waals surface area (Å²) < 4.78 is 0. The number of likely N-dealkylation sites (tertiary alicyclic amines) is 1. The maximum Gasteiger partial charge on any atom is 0.272 e. The molecular formula is C15H16N4O2. The Hall–Kier alpha value is -2.63. The SMILES string of the molecule is NC(=O)C1CCN(C(=O)c2cc(N)c3ccccc3n2)C1.